The molecule has 1 atom stereocenters. The molecular weight excluding hydrogens is 829 g/mol. The number of unbranched alkanes of at least 4 members (excludes halogenated alkanes) is 19. The van der Waals surface area contributed by atoms with Gasteiger partial charge in [0.1, 0.15) is 13.2 Å². The summed E-state index contributed by atoms with van der Waals surface area (Å²) in [5.74, 6) is -0.962. The molecule has 6 nitrogen and oxygen atoms in total. The minimum Gasteiger partial charge on any atom is -0.462 e. The molecule has 0 unspecified atom stereocenters. The van der Waals surface area contributed by atoms with E-state index in [1.807, 2.05) is 0 Å². The molecule has 0 rings (SSSR count). The van der Waals surface area contributed by atoms with Gasteiger partial charge in [-0.1, -0.05) is 207 Å². The number of ether oxygens (including phenoxy) is 3. The normalized spacial score (nSPS) is 12.9. The molecule has 0 aliphatic rings. The molecule has 0 bridgehead atoms. The highest BCUT2D eigenvalue weighted by Gasteiger charge is 2.19. The Kier molecular flexibility index (Phi) is 51.5. The van der Waals surface area contributed by atoms with Crippen LogP contribution in [0.1, 0.15) is 239 Å². The van der Waals surface area contributed by atoms with Crippen molar-refractivity contribution in [1.29, 1.82) is 0 Å². The molecule has 67 heavy (non-hydrogen) atoms. The number of hydrogen-bond acceptors (Lipinski definition) is 6. The van der Waals surface area contributed by atoms with Gasteiger partial charge in [0.05, 0.1) is 0 Å². The Morgan fingerprint density at radius 2 is 0.582 bits per heavy atom. The van der Waals surface area contributed by atoms with Gasteiger partial charge in [-0.25, -0.2) is 0 Å². The molecule has 0 aliphatic carbocycles. The van der Waals surface area contributed by atoms with Gasteiger partial charge in [0.15, 0.2) is 6.10 Å². The molecule has 0 saturated carbocycles. The van der Waals surface area contributed by atoms with Crippen LogP contribution < -0.4 is 0 Å². The molecule has 0 aromatic rings. The monoisotopic (exact) mass is 929 g/mol. The molecule has 6 heteroatoms. The quantitative estimate of drug-likeness (QED) is 0.0262. The average molecular weight is 929 g/mol. The van der Waals surface area contributed by atoms with Gasteiger partial charge in [-0.05, 0) is 122 Å². The lowest BCUT2D eigenvalue weighted by atomic mass is 10.1. The Hall–Kier alpha value is -3.93. The zero-order valence-electron chi connectivity index (χ0n) is 43.4. The van der Waals surface area contributed by atoms with E-state index in [1.165, 1.54) is 51.4 Å². The number of rotatable bonds is 48. The fraction of sp³-hybridized carbons (Fsp3) is 0.656. The van der Waals surface area contributed by atoms with Gasteiger partial charge < -0.3 is 14.2 Å². The topological polar surface area (TPSA) is 78.9 Å². The first-order valence-electron chi connectivity index (χ1n) is 27.4. The van der Waals surface area contributed by atoms with Crippen LogP contribution in [0.4, 0.5) is 0 Å². The standard InChI is InChI=1S/C61H100O6/c1-4-7-10-13-16-19-22-25-28-29-30-31-34-36-39-42-45-48-51-54-60(63)66-57-58(67-61(64)55-52-49-46-43-40-37-33-27-24-21-18-15-12-9-6-3)56-65-59(62)53-50-47-44-41-38-35-32-26-23-20-17-14-11-8-5-2/h7-8,10-11,16-17,19-20,25-28,30-33,36,39,58H,4-6,9,12-15,18,21-24,29,34-35,37-38,40-57H2,1-3H3/b10-7-,11-8-,19-16-,20-17-,28-25-,31-30-,32-26-,33-27-,39-36-/t58-/m0/s1. The van der Waals surface area contributed by atoms with Crippen LogP contribution in [-0.2, 0) is 28.6 Å². The van der Waals surface area contributed by atoms with E-state index in [1.54, 1.807) is 0 Å². The fourth-order valence-electron chi connectivity index (χ4n) is 7.18. The molecule has 0 spiro atoms. The molecule has 0 aromatic carbocycles. The van der Waals surface area contributed by atoms with Crippen LogP contribution in [0.5, 0.6) is 0 Å². The summed E-state index contributed by atoms with van der Waals surface area (Å²) in [4.78, 5) is 38.1. The van der Waals surface area contributed by atoms with E-state index in [4.69, 9.17) is 14.2 Å². The summed E-state index contributed by atoms with van der Waals surface area (Å²) in [5, 5.41) is 0. The van der Waals surface area contributed by atoms with E-state index < -0.39 is 6.10 Å². The molecular formula is C61H100O6. The van der Waals surface area contributed by atoms with Crippen molar-refractivity contribution in [2.75, 3.05) is 13.2 Å². The van der Waals surface area contributed by atoms with Crippen LogP contribution >= 0.6 is 0 Å². The molecule has 0 fully saturated rings. The average Bonchev–Trinajstić information content (AvgIpc) is 3.33. The Balaban J connectivity index is 4.50. The molecule has 0 aliphatic heterocycles. The van der Waals surface area contributed by atoms with E-state index in [2.05, 4.69) is 130 Å². The first-order valence-corrected chi connectivity index (χ1v) is 27.4. The zero-order chi connectivity index (χ0) is 48.6. The zero-order valence-corrected chi connectivity index (χ0v) is 43.4. The van der Waals surface area contributed by atoms with Gasteiger partial charge in [-0.3, -0.25) is 14.4 Å². The predicted molar refractivity (Wildman–Crippen MR) is 288 cm³/mol. The predicted octanol–water partition coefficient (Wildman–Crippen LogP) is 18.3. The van der Waals surface area contributed by atoms with E-state index >= 15 is 0 Å². The first-order chi connectivity index (χ1) is 33.0. The van der Waals surface area contributed by atoms with Gasteiger partial charge in [0.25, 0.3) is 0 Å². The minimum atomic E-state index is -0.805. The van der Waals surface area contributed by atoms with E-state index in [0.717, 1.165) is 148 Å². The molecule has 0 radical (unpaired) electrons. The van der Waals surface area contributed by atoms with Crippen molar-refractivity contribution in [1.82, 2.24) is 0 Å². The Morgan fingerprint density at radius 1 is 0.313 bits per heavy atom. The maximum absolute atomic E-state index is 12.8. The van der Waals surface area contributed by atoms with Crippen molar-refractivity contribution in [3.05, 3.63) is 109 Å². The summed E-state index contributed by atoms with van der Waals surface area (Å²) in [6, 6.07) is 0. The largest absolute Gasteiger partial charge is 0.462 e. The van der Waals surface area contributed by atoms with Gasteiger partial charge in [0, 0.05) is 19.3 Å². The molecule has 0 amide bonds. The molecule has 0 N–H and O–H groups in total. The van der Waals surface area contributed by atoms with Gasteiger partial charge in [-0.15, -0.1) is 0 Å². The third kappa shape index (κ3) is 52.9. The Bertz CT molecular complexity index is 1390. The highest BCUT2D eigenvalue weighted by atomic mass is 16.6. The molecule has 0 saturated heterocycles. The summed E-state index contributed by atoms with van der Waals surface area (Å²) < 4.78 is 16.8. The molecule has 0 heterocycles. The third-order valence-corrected chi connectivity index (χ3v) is 11.2. The van der Waals surface area contributed by atoms with Crippen LogP contribution in [0.15, 0.2) is 109 Å². The smallest absolute Gasteiger partial charge is 0.306 e. The van der Waals surface area contributed by atoms with Crippen molar-refractivity contribution in [2.45, 2.75) is 245 Å². The SMILES string of the molecule is CC/C=C\C/C=C\C/C=C\C/C=C\C/C=C\CCCCCC(=O)OC[C@H](COC(=O)CCCCCCC/C=C\C/C=C\C/C=C\CC)OC(=O)CCCCCCC/C=C\CCCCCCCC. The van der Waals surface area contributed by atoms with Crippen LogP contribution in [0.25, 0.3) is 0 Å². The van der Waals surface area contributed by atoms with Gasteiger partial charge in [0.2, 0.25) is 0 Å². The number of carbonyl (C=O) groups is 3. The summed E-state index contributed by atoms with van der Waals surface area (Å²) in [7, 11) is 0. The lowest BCUT2D eigenvalue weighted by Gasteiger charge is -2.18. The summed E-state index contributed by atoms with van der Waals surface area (Å²) in [6.45, 7) is 6.35. The molecule has 0 aromatic heterocycles. The van der Waals surface area contributed by atoms with Crippen molar-refractivity contribution < 1.29 is 28.6 Å². The van der Waals surface area contributed by atoms with Gasteiger partial charge >= 0.3 is 17.9 Å². The second kappa shape index (κ2) is 54.7. The van der Waals surface area contributed by atoms with Crippen LogP contribution in [-0.4, -0.2) is 37.2 Å². The number of carbonyl (C=O) groups excluding carboxylic acids is 3. The van der Waals surface area contributed by atoms with Crippen molar-refractivity contribution in [3.63, 3.8) is 0 Å². The number of hydrogen-bond donors (Lipinski definition) is 0. The van der Waals surface area contributed by atoms with E-state index in [-0.39, 0.29) is 31.1 Å². The Labute approximate surface area is 412 Å². The maximum atomic E-state index is 12.8. The number of allylic oxidation sites excluding steroid dienone is 18. The Morgan fingerprint density at radius 3 is 0.940 bits per heavy atom. The minimum absolute atomic E-state index is 0.103. The van der Waals surface area contributed by atoms with Crippen LogP contribution in [0.3, 0.4) is 0 Å². The lowest BCUT2D eigenvalue weighted by Crippen LogP contribution is -2.30. The van der Waals surface area contributed by atoms with Crippen molar-refractivity contribution in [3.8, 4) is 0 Å². The fourth-order valence-corrected chi connectivity index (χ4v) is 7.18. The summed E-state index contributed by atoms with van der Waals surface area (Å²) in [5.41, 5.74) is 0. The summed E-state index contributed by atoms with van der Waals surface area (Å²) in [6.07, 6.45) is 73.6. The highest BCUT2D eigenvalue weighted by molar-refractivity contribution is 5.71. The van der Waals surface area contributed by atoms with Crippen LogP contribution in [0, 0.1) is 0 Å². The third-order valence-electron chi connectivity index (χ3n) is 11.2. The maximum Gasteiger partial charge on any atom is 0.306 e. The van der Waals surface area contributed by atoms with E-state index in [0.29, 0.717) is 19.3 Å². The molecule has 380 valence electrons. The summed E-state index contributed by atoms with van der Waals surface area (Å²) >= 11 is 0. The van der Waals surface area contributed by atoms with Crippen molar-refractivity contribution >= 4 is 17.9 Å². The van der Waals surface area contributed by atoms with E-state index in [9.17, 15) is 14.4 Å². The van der Waals surface area contributed by atoms with Crippen molar-refractivity contribution in [2.24, 2.45) is 0 Å². The van der Waals surface area contributed by atoms with Gasteiger partial charge in [-0.2, -0.15) is 0 Å². The second-order valence-electron chi connectivity index (χ2n) is 17.7. The number of esters is 3. The highest BCUT2D eigenvalue weighted by Crippen LogP contribution is 2.13. The lowest BCUT2D eigenvalue weighted by molar-refractivity contribution is -0.167. The second-order valence-corrected chi connectivity index (χ2v) is 17.7. The first kappa shape index (κ1) is 63.1. The van der Waals surface area contributed by atoms with Crippen LogP contribution in [0.2, 0.25) is 0 Å².